The van der Waals surface area contributed by atoms with E-state index < -0.39 is 4.92 Å². The first-order chi connectivity index (χ1) is 8.61. The molecule has 1 aliphatic heterocycles. The number of likely N-dealkylation sites (N-methyl/N-ethyl adjacent to an activating group) is 1. The summed E-state index contributed by atoms with van der Waals surface area (Å²) in [5, 5.41) is 19.8. The Kier molecular flexibility index (Phi) is 3.44. The predicted octanol–water partition coefficient (Wildman–Crippen LogP) is 1.22. The van der Waals surface area contributed by atoms with Crippen molar-refractivity contribution in [2.24, 2.45) is 0 Å². The van der Waals surface area contributed by atoms with Crippen LogP contribution in [-0.2, 0) is 0 Å². The van der Waals surface area contributed by atoms with Gasteiger partial charge in [-0.2, -0.15) is 5.26 Å². The Labute approximate surface area is 105 Å². The van der Waals surface area contributed by atoms with E-state index in [9.17, 15) is 10.1 Å². The minimum Gasteiger partial charge on any atom is -0.368 e. The fourth-order valence-corrected chi connectivity index (χ4v) is 2.05. The molecule has 6 nitrogen and oxygen atoms in total. The summed E-state index contributed by atoms with van der Waals surface area (Å²) in [6.07, 6.45) is 0. The number of benzene rings is 1. The summed E-state index contributed by atoms with van der Waals surface area (Å²) in [7, 11) is 2.05. The van der Waals surface area contributed by atoms with Gasteiger partial charge < -0.3 is 9.80 Å². The highest BCUT2D eigenvalue weighted by atomic mass is 16.6. The fourth-order valence-electron chi connectivity index (χ4n) is 2.05. The van der Waals surface area contributed by atoms with E-state index in [0.29, 0.717) is 5.56 Å². The number of rotatable bonds is 2. The zero-order valence-corrected chi connectivity index (χ0v) is 10.2. The summed E-state index contributed by atoms with van der Waals surface area (Å²) in [6, 6.07) is 6.50. The molecule has 94 valence electrons. The zero-order valence-electron chi connectivity index (χ0n) is 10.2. The molecule has 18 heavy (non-hydrogen) atoms. The number of nitriles is 1. The molecule has 0 bridgehead atoms. The standard InChI is InChI=1S/C12H14N4O2/c1-14-4-6-15(7-5-14)12-3-2-11(16(17)18)8-10(12)9-13/h2-3,8H,4-7H2,1H3. The maximum atomic E-state index is 10.7. The van der Waals surface area contributed by atoms with E-state index in [4.69, 9.17) is 5.26 Å². The van der Waals surface area contributed by atoms with Gasteiger partial charge in [0, 0.05) is 38.3 Å². The molecule has 0 atom stereocenters. The van der Waals surface area contributed by atoms with Crippen molar-refractivity contribution in [2.75, 3.05) is 38.1 Å². The molecule has 0 aliphatic carbocycles. The monoisotopic (exact) mass is 246 g/mol. The molecule has 1 fully saturated rings. The van der Waals surface area contributed by atoms with Crippen LogP contribution in [0.15, 0.2) is 18.2 Å². The second-order valence-corrected chi connectivity index (χ2v) is 4.36. The van der Waals surface area contributed by atoms with Gasteiger partial charge in [0.2, 0.25) is 0 Å². The van der Waals surface area contributed by atoms with Crippen molar-refractivity contribution in [3.8, 4) is 6.07 Å². The fraction of sp³-hybridized carbons (Fsp3) is 0.417. The molecule has 1 aromatic carbocycles. The maximum Gasteiger partial charge on any atom is 0.270 e. The van der Waals surface area contributed by atoms with Gasteiger partial charge in [-0.15, -0.1) is 0 Å². The molecule has 1 aliphatic rings. The van der Waals surface area contributed by atoms with Crippen molar-refractivity contribution < 1.29 is 4.92 Å². The van der Waals surface area contributed by atoms with Gasteiger partial charge in [-0.05, 0) is 13.1 Å². The lowest BCUT2D eigenvalue weighted by Crippen LogP contribution is -2.44. The molecule has 0 spiro atoms. The molecule has 0 N–H and O–H groups in total. The van der Waals surface area contributed by atoms with Gasteiger partial charge in [-0.3, -0.25) is 10.1 Å². The maximum absolute atomic E-state index is 10.7. The number of nitro benzene ring substituents is 1. The Bertz CT molecular complexity index is 501. The van der Waals surface area contributed by atoms with Crippen LogP contribution in [0.1, 0.15) is 5.56 Å². The van der Waals surface area contributed by atoms with Gasteiger partial charge in [0.15, 0.2) is 0 Å². The third-order valence-corrected chi connectivity index (χ3v) is 3.16. The van der Waals surface area contributed by atoms with Crippen LogP contribution in [0.25, 0.3) is 0 Å². The smallest absolute Gasteiger partial charge is 0.270 e. The molecule has 1 aromatic rings. The molecule has 0 amide bonds. The lowest BCUT2D eigenvalue weighted by Gasteiger charge is -2.34. The van der Waals surface area contributed by atoms with Crippen LogP contribution in [0.2, 0.25) is 0 Å². The van der Waals surface area contributed by atoms with Gasteiger partial charge in [0.05, 0.1) is 16.2 Å². The quantitative estimate of drug-likeness (QED) is 0.579. The van der Waals surface area contributed by atoms with E-state index in [2.05, 4.69) is 16.8 Å². The minimum absolute atomic E-state index is 0.0376. The van der Waals surface area contributed by atoms with Crippen LogP contribution < -0.4 is 4.90 Å². The zero-order chi connectivity index (χ0) is 13.1. The largest absolute Gasteiger partial charge is 0.368 e. The first-order valence-corrected chi connectivity index (χ1v) is 5.74. The highest BCUT2D eigenvalue weighted by Crippen LogP contribution is 2.25. The number of piperazine rings is 1. The van der Waals surface area contributed by atoms with Crippen LogP contribution in [0.3, 0.4) is 0 Å². The number of hydrogen-bond acceptors (Lipinski definition) is 5. The molecule has 1 heterocycles. The van der Waals surface area contributed by atoms with Crippen LogP contribution in [0.5, 0.6) is 0 Å². The predicted molar refractivity (Wildman–Crippen MR) is 67.5 cm³/mol. The summed E-state index contributed by atoms with van der Waals surface area (Å²) >= 11 is 0. The van der Waals surface area contributed by atoms with Gasteiger partial charge >= 0.3 is 0 Å². The van der Waals surface area contributed by atoms with Crippen LogP contribution in [0, 0.1) is 21.4 Å². The van der Waals surface area contributed by atoms with Gasteiger partial charge in [-0.1, -0.05) is 0 Å². The molecular weight excluding hydrogens is 232 g/mol. The van der Waals surface area contributed by atoms with Crippen LogP contribution in [-0.4, -0.2) is 43.0 Å². The van der Waals surface area contributed by atoms with E-state index >= 15 is 0 Å². The lowest BCUT2D eigenvalue weighted by atomic mass is 10.1. The third kappa shape index (κ3) is 2.41. The molecule has 0 aromatic heterocycles. The van der Waals surface area contributed by atoms with Crippen molar-refractivity contribution in [3.63, 3.8) is 0 Å². The highest BCUT2D eigenvalue weighted by Gasteiger charge is 2.19. The SMILES string of the molecule is CN1CCN(c2ccc([N+](=O)[O-])cc2C#N)CC1. The van der Waals surface area contributed by atoms with Crippen LogP contribution in [0.4, 0.5) is 11.4 Å². The molecule has 0 saturated carbocycles. The molecule has 1 saturated heterocycles. The number of hydrogen-bond donors (Lipinski definition) is 0. The first kappa shape index (κ1) is 12.3. The number of nitro groups is 1. The Morgan fingerprint density at radius 1 is 1.33 bits per heavy atom. The summed E-state index contributed by atoms with van der Waals surface area (Å²) < 4.78 is 0. The minimum atomic E-state index is -0.478. The average molecular weight is 246 g/mol. The second-order valence-electron chi connectivity index (χ2n) is 4.36. The van der Waals surface area contributed by atoms with E-state index in [1.165, 1.54) is 12.1 Å². The molecule has 0 unspecified atom stereocenters. The normalized spacial score (nSPS) is 16.3. The second kappa shape index (κ2) is 5.02. The van der Waals surface area contributed by atoms with E-state index in [1.54, 1.807) is 6.07 Å². The molecule has 2 rings (SSSR count). The Morgan fingerprint density at radius 3 is 2.56 bits per heavy atom. The molecule has 0 radical (unpaired) electrons. The van der Waals surface area contributed by atoms with Crippen molar-refractivity contribution in [1.82, 2.24) is 4.90 Å². The number of anilines is 1. The van der Waals surface area contributed by atoms with Crippen molar-refractivity contribution in [1.29, 1.82) is 5.26 Å². The van der Waals surface area contributed by atoms with Crippen molar-refractivity contribution >= 4 is 11.4 Å². The van der Waals surface area contributed by atoms with E-state index in [1.807, 2.05) is 6.07 Å². The number of nitrogens with zero attached hydrogens (tertiary/aromatic N) is 4. The molecule has 6 heteroatoms. The van der Waals surface area contributed by atoms with Gasteiger partial charge in [-0.25, -0.2) is 0 Å². The summed E-state index contributed by atoms with van der Waals surface area (Å²) in [5.74, 6) is 0. The topological polar surface area (TPSA) is 73.4 Å². The Hall–Kier alpha value is -2.13. The van der Waals surface area contributed by atoms with Crippen LogP contribution >= 0.6 is 0 Å². The lowest BCUT2D eigenvalue weighted by molar-refractivity contribution is -0.384. The Balaban J connectivity index is 2.28. The summed E-state index contributed by atoms with van der Waals surface area (Å²) in [4.78, 5) is 14.5. The Morgan fingerprint density at radius 2 is 2.00 bits per heavy atom. The summed E-state index contributed by atoms with van der Waals surface area (Å²) in [6.45, 7) is 3.54. The average Bonchev–Trinajstić information content (AvgIpc) is 2.39. The third-order valence-electron chi connectivity index (χ3n) is 3.16. The van der Waals surface area contributed by atoms with E-state index in [-0.39, 0.29) is 5.69 Å². The highest BCUT2D eigenvalue weighted by molar-refractivity contribution is 5.63. The van der Waals surface area contributed by atoms with E-state index in [0.717, 1.165) is 31.9 Å². The van der Waals surface area contributed by atoms with Gasteiger partial charge in [0.1, 0.15) is 6.07 Å². The molecular formula is C12H14N4O2. The summed E-state index contributed by atoms with van der Waals surface area (Å²) in [5.41, 5.74) is 1.12. The number of non-ortho nitro benzene ring substituents is 1. The first-order valence-electron chi connectivity index (χ1n) is 5.74. The van der Waals surface area contributed by atoms with Gasteiger partial charge in [0.25, 0.3) is 5.69 Å². The van der Waals surface area contributed by atoms with Crippen molar-refractivity contribution in [2.45, 2.75) is 0 Å². The van der Waals surface area contributed by atoms with Crippen molar-refractivity contribution in [3.05, 3.63) is 33.9 Å².